The Kier molecular flexibility index (Phi) is 3.79. The maximum atomic E-state index is 12.5. The first-order valence-electron chi connectivity index (χ1n) is 7.43. The lowest BCUT2D eigenvalue weighted by Crippen LogP contribution is -2.42. The van der Waals surface area contributed by atoms with E-state index in [9.17, 15) is 9.59 Å². The summed E-state index contributed by atoms with van der Waals surface area (Å²) in [7, 11) is 0. The van der Waals surface area contributed by atoms with Gasteiger partial charge in [0.15, 0.2) is 0 Å². The van der Waals surface area contributed by atoms with Gasteiger partial charge in [-0.05, 0) is 38.8 Å². The summed E-state index contributed by atoms with van der Waals surface area (Å²) in [5.74, 6) is 1.37. The van der Waals surface area contributed by atoms with Gasteiger partial charge < -0.3 is 9.88 Å². The van der Waals surface area contributed by atoms with Crippen molar-refractivity contribution in [1.29, 1.82) is 0 Å². The lowest BCUT2D eigenvalue weighted by atomic mass is 10.0. The molecule has 3 heterocycles. The van der Waals surface area contributed by atoms with Gasteiger partial charge in [-0.2, -0.15) is 5.10 Å². The summed E-state index contributed by atoms with van der Waals surface area (Å²) in [5, 5.41) is 4.42. The van der Waals surface area contributed by atoms with Crippen LogP contribution < -0.4 is 5.56 Å². The number of aromatic amines is 1. The molecule has 1 fully saturated rings. The van der Waals surface area contributed by atoms with Crippen molar-refractivity contribution in [2.45, 2.75) is 32.7 Å². The van der Waals surface area contributed by atoms with Crippen molar-refractivity contribution in [2.24, 2.45) is 0 Å². The minimum absolute atomic E-state index is 0.113. The molecule has 0 radical (unpaired) electrons. The number of hydrogen-bond acceptors (Lipinski definition) is 4. The number of amides is 1. The van der Waals surface area contributed by atoms with Crippen molar-refractivity contribution in [3.63, 3.8) is 0 Å². The number of carbonyl (C=O) groups is 1. The second-order valence-corrected chi connectivity index (χ2v) is 5.61. The van der Waals surface area contributed by atoms with E-state index in [1.165, 1.54) is 6.20 Å². The molecule has 2 aromatic rings. The summed E-state index contributed by atoms with van der Waals surface area (Å²) in [6, 6.07) is 3.35. The maximum absolute atomic E-state index is 12.5. The van der Waals surface area contributed by atoms with Crippen LogP contribution in [0.3, 0.4) is 0 Å². The number of rotatable bonds is 2. The van der Waals surface area contributed by atoms with E-state index >= 15 is 0 Å². The number of piperidine rings is 1. The van der Waals surface area contributed by atoms with Crippen LogP contribution >= 0.6 is 0 Å². The van der Waals surface area contributed by atoms with Crippen molar-refractivity contribution in [2.75, 3.05) is 13.1 Å². The molecule has 0 unspecified atom stereocenters. The van der Waals surface area contributed by atoms with Gasteiger partial charge in [0.05, 0.1) is 6.04 Å². The zero-order valence-corrected chi connectivity index (χ0v) is 12.7. The third-order valence-electron chi connectivity index (χ3n) is 3.99. The molecule has 0 bridgehead atoms. The van der Waals surface area contributed by atoms with E-state index in [2.05, 4.69) is 15.1 Å². The van der Waals surface area contributed by atoms with Gasteiger partial charge in [-0.15, -0.1) is 0 Å². The Balaban J connectivity index is 1.81. The molecule has 2 aromatic heterocycles. The van der Waals surface area contributed by atoms with Crippen molar-refractivity contribution >= 4 is 5.91 Å². The van der Waals surface area contributed by atoms with Gasteiger partial charge in [0, 0.05) is 19.3 Å². The lowest BCUT2D eigenvalue weighted by molar-refractivity contribution is 0.0669. The van der Waals surface area contributed by atoms with Gasteiger partial charge in [0.25, 0.3) is 11.5 Å². The number of likely N-dealkylation sites (tertiary alicyclic amines) is 1. The molecule has 1 aliphatic heterocycles. The Bertz CT molecular complexity index is 748. The first kappa shape index (κ1) is 14.5. The van der Waals surface area contributed by atoms with Gasteiger partial charge >= 0.3 is 0 Å². The van der Waals surface area contributed by atoms with E-state index in [1.54, 1.807) is 17.0 Å². The van der Waals surface area contributed by atoms with E-state index < -0.39 is 0 Å². The molecule has 1 atom stereocenters. The van der Waals surface area contributed by atoms with Crippen molar-refractivity contribution in [3.8, 4) is 0 Å². The number of carbonyl (C=O) groups excluding carboxylic acids is 1. The Labute approximate surface area is 128 Å². The van der Waals surface area contributed by atoms with Crippen LogP contribution in [0.4, 0.5) is 0 Å². The van der Waals surface area contributed by atoms with E-state index in [0.29, 0.717) is 13.1 Å². The Morgan fingerprint density at radius 1 is 1.41 bits per heavy atom. The number of H-pyrrole nitrogens is 1. The molecule has 1 N–H and O–H groups in total. The normalized spacial score (nSPS) is 18.5. The molecule has 0 aliphatic carbocycles. The van der Waals surface area contributed by atoms with E-state index in [-0.39, 0.29) is 23.1 Å². The molecule has 0 aromatic carbocycles. The SMILES string of the molecule is Cc1nc(C)n([C@@H]2CCCN(C(=O)c3ccc[nH]c3=O)C2)n1. The molecular weight excluding hydrogens is 282 g/mol. The molecule has 1 saturated heterocycles. The quantitative estimate of drug-likeness (QED) is 0.899. The fourth-order valence-corrected chi connectivity index (χ4v) is 2.98. The summed E-state index contributed by atoms with van der Waals surface area (Å²) in [6.07, 6.45) is 3.37. The molecule has 0 saturated carbocycles. The molecule has 7 heteroatoms. The van der Waals surface area contributed by atoms with E-state index in [1.807, 2.05) is 18.5 Å². The second kappa shape index (κ2) is 5.75. The summed E-state index contributed by atoms with van der Waals surface area (Å²) in [4.78, 5) is 32.9. The number of nitrogens with one attached hydrogen (secondary N) is 1. The highest BCUT2D eigenvalue weighted by Gasteiger charge is 2.28. The van der Waals surface area contributed by atoms with E-state index in [0.717, 1.165) is 24.5 Å². The van der Waals surface area contributed by atoms with Crippen LogP contribution in [-0.2, 0) is 0 Å². The highest BCUT2D eigenvalue weighted by molar-refractivity contribution is 5.93. The van der Waals surface area contributed by atoms with Crippen LogP contribution in [0.25, 0.3) is 0 Å². The first-order valence-corrected chi connectivity index (χ1v) is 7.43. The predicted molar refractivity (Wildman–Crippen MR) is 80.7 cm³/mol. The van der Waals surface area contributed by atoms with Crippen molar-refractivity contribution in [3.05, 3.63) is 45.9 Å². The molecule has 1 amide bonds. The summed E-state index contributed by atoms with van der Waals surface area (Å²) in [5.41, 5.74) is -0.156. The van der Waals surface area contributed by atoms with Crippen LogP contribution in [-0.4, -0.2) is 43.6 Å². The molecule has 116 valence electrons. The zero-order valence-electron chi connectivity index (χ0n) is 12.7. The van der Waals surface area contributed by atoms with Crippen LogP contribution in [0.1, 0.15) is 40.9 Å². The molecule has 1 aliphatic rings. The standard InChI is InChI=1S/C15H19N5O2/c1-10-17-11(2)20(18-10)12-5-4-8-19(9-12)15(22)13-6-3-7-16-14(13)21/h3,6-7,12H,4-5,8-9H2,1-2H3,(H,16,21)/t12-/m1/s1. The number of nitrogens with zero attached hydrogens (tertiary/aromatic N) is 4. The van der Waals surface area contributed by atoms with Crippen molar-refractivity contribution < 1.29 is 4.79 Å². The molecule has 3 rings (SSSR count). The first-order chi connectivity index (χ1) is 10.6. The Morgan fingerprint density at radius 3 is 2.91 bits per heavy atom. The minimum Gasteiger partial charge on any atom is -0.336 e. The second-order valence-electron chi connectivity index (χ2n) is 5.61. The molecule has 22 heavy (non-hydrogen) atoms. The molecule has 0 spiro atoms. The summed E-state index contributed by atoms with van der Waals surface area (Å²) < 4.78 is 1.89. The van der Waals surface area contributed by atoms with Gasteiger partial charge in [-0.3, -0.25) is 9.59 Å². The van der Waals surface area contributed by atoms with Crippen LogP contribution in [0.2, 0.25) is 0 Å². The van der Waals surface area contributed by atoms with Gasteiger partial charge in [0.2, 0.25) is 0 Å². The smallest absolute Gasteiger partial charge is 0.260 e. The Hall–Kier alpha value is -2.44. The lowest BCUT2D eigenvalue weighted by Gasteiger charge is -2.33. The predicted octanol–water partition coefficient (Wildman–Crippen LogP) is 1.06. The number of aryl methyl sites for hydroxylation is 2. The fraction of sp³-hybridized carbons (Fsp3) is 0.467. The maximum Gasteiger partial charge on any atom is 0.260 e. The number of pyridine rings is 1. The van der Waals surface area contributed by atoms with Gasteiger partial charge in [-0.25, -0.2) is 9.67 Å². The largest absolute Gasteiger partial charge is 0.336 e. The molecule has 7 nitrogen and oxygen atoms in total. The minimum atomic E-state index is -0.345. The number of aromatic nitrogens is 4. The average Bonchev–Trinajstić information content (AvgIpc) is 2.86. The monoisotopic (exact) mass is 301 g/mol. The average molecular weight is 301 g/mol. The summed E-state index contributed by atoms with van der Waals surface area (Å²) >= 11 is 0. The Morgan fingerprint density at radius 2 is 2.23 bits per heavy atom. The van der Waals surface area contributed by atoms with Crippen LogP contribution in [0.15, 0.2) is 23.1 Å². The summed E-state index contributed by atoms with van der Waals surface area (Å²) in [6.45, 7) is 4.99. The van der Waals surface area contributed by atoms with Crippen molar-refractivity contribution in [1.82, 2.24) is 24.6 Å². The zero-order chi connectivity index (χ0) is 15.7. The van der Waals surface area contributed by atoms with E-state index in [4.69, 9.17) is 0 Å². The van der Waals surface area contributed by atoms with Crippen LogP contribution in [0.5, 0.6) is 0 Å². The topological polar surface area (TPSA) is 83.9 Å². The van der Waals surface area contributed by atoms with Gasteiger partial charge in [0.1, 0.15) is 17.2 Å². The third-order valence-corrected chi connectivity index (χ3v) is 3.99. The fourth-order valence-electron chi connectivity index (χ4n) is 2.98. The van der Waals surface area contributed by atoms with Crippen LogP contribution in [0, 0.1) is 13.8 Å². The van der Waals surface area contributed by atoms with Gasteiger partial charge in [-0.1, -0.05) is 0 Å². The number of hydrogen-bond donors (Lipinski definition) is 1. The highest BCUT2D eigenvalue weighted by atomic mass is 16.2. The molecular formula is C15H19N5O2. The third kappa shape index (κ3) is 2.66. The highest BCUT2D eigenvalue weighted by Crippen LogP contribution is 2.22.